The Labute approximate surface area is 211 Å². The summed E-state index contributed by atoms with van der Waals surface area (Å²) in [4.78, 5) is 35.6. The number of rotatable bonds is 5. The molecule has 8 heteroatoms. The van der Waals surface area contributed by atoms with Gasteiger partial charge in [-0.1, -0.05) is 42.4 Å². The maximum Gasteiger partial charge on any atom is 0.316 e. The molecular formula is C28H31N5O3. The van der Waals surface area contributed by atoms with E-state index in [9.17, 15) is 9.59 Å². The summed E-state index contributed by atoms with van der Waals surface area (Å²) in [5.41, 5.74) is 2.98. The second-order valence-electron chi connectivity index (χ2n) is 9.50. The molecule has 2 saturated heterocycles. The van der Waals surface area contributed by atoms with Crippen LogP contribution in [0, 0.1) is 5.92 Å². The fraction of sp³-hybridized carbons (Fsp3) is 0.357. The lowest BCUT2D eigenvalue weighted by Gasteiger charge is -2.33. The zero-order valence-corrected chi connectivity index (χ0v) is 20.5. The Bertz CT molecular complexity index is 1210. The highest BCUT2D eigenvalue weighted by Gasteiger charge is 2.27. The molecule has 36 heavy (non-hydrogen) atoms. The van der Waals surface area contributed by atoms with Gasteiger partial charge < -0.3 is 19.2 Å². The first-order valence-corrected chi connectivity index (χ1v) is 12.6. The molecule has 5 rings (SSSR count). The largest absolute Gasteiger partial charge is 0.372 e. The summed E-state index contributed by atoms with van der Waals surface area (Å²) >= 11 is 0. The molecule has 2 aliphatic heterocycles. The Hall–Kier alpha value is -3.94. The number of anilines is 1. The van der Waals surface area contributed by atoms with Crippen molar-refractivity contribution in [1.29, 1.82) is 0 Å². The molecule has 0 unspecified atom stereocenters. The molecule has 0 aliphatic carbocycles. The molecule has 0 saturated carbocycles. The maximum absolute atomic E-state index is 12.9. The van der Waals surface area contributed by atoms with E-state index in [0.717, 1.165) is 30.1 Å². The molecule has 2 aliphatic rings. The van der Waals surface area contributed by atoms with Crippen LogP contribution in [0.5, 0.6) is 0 Å². The van der Waals surface area contributed by atoms with Gasteiger partial charge in [0.05, 0.1) is 0 Å². The number of piperidine rings is 1. The first kappa shape index (κ1) is 23.8. The SMILES string of the molecule is CC1CCN(c2ccc(-c3noc(C(=O)N4CCN(C(=O)/C=C/c5ccccc5)CC4)n3)cc2)CC1. The summed E-state index contributed by atoms with van der Waals surface area (Å²) in [6, 6.07) is 17.8. The van der Waals surface area contributed by atoms with Gasteiger partial charge in [-0.15, -0.1) is 0 Å². The van der Waals surface area contributed by atoms with Gasteiger partial charge in [-0.05, 0) is 54.7 Å². The summed E-state index contributed by atoms with van der Waals surface area (Å²) in [7, 11) is 0. The summed E-state index contributed by atoms with van der Waals surface area (Å²) in [6.45, 7) is 6.21. The predicted molar refractivity (Wildman–Crippen MR) is 138 cm³/mol. The molecule has 1 aromatic heterocycles. The van der Waals surface area contributed by atoms with Crippen molar-refractivity contribution >= 4 is 23.6 Å². The summed E-state index contributed by atoms with van der Waals surface area (Å²) in [6.07, 6.45) is 5.81. The monoisotopic (exact) mass is 485 g/mol. The van der Waals surface area contributed by atoms with Crippen molar-refractivity contribution in [3.63, 3.8) is 0 Å². The minimum Gasteiger partial charge on any atom is -0.372 e. The Balaban J connectivity index is 1.15. The second kappa shape index (κ2) is 10.8. The van der Waals surface area contributed by atoms with Crippen LogP contribution in [0.25, 0.3) is 17.5 Å². The van der Waals surface area contributed by atoms with E-state index in [4.69, 9.17) is 4.52 Å². The lowest BCUT2D eigenvalue weighted by Crippen LogP contribution is -2.50. The number of piperazine rings is 1. The normalized spacial score (nSPS) is 17.1. The van der Waals surface area contributed by atoms with E-state index in [1.165, 1.54) is 18.5 Å². The minimum absolute atomic E-state index is 0.0251. The molecule has 2 amide bonds. The van der Waals surface area contributed by atoms with Crippen molar-refractivity contribution in [3.05, 3.63) is 72.1 Å². The first-order valence-electron chi connectivity index (χ1n) is 12.6. The predicted octanol–water partition coefficient (Wildman–Crippen LogP) is 3.97. The summed E-state index contributed by atoms with van der Waals surface area (Å²) < 4.78 is 5.30. The van der Waals surface area contributed by atoms with E-state index in [1.807, 2.05) is 42.5 Å². The van der Waals surface area contributed by atoms with Gasteiger partial charge in [-0.2, -0.15) is 4.98 Å². The van der Waals surface area contributed by atoms with Gasteiger partial charge in [-0.3, -0.25) is 9.59 Å². The van der Waals surface area contributed by atoms with E-state index in [2.05, 4.69) is 34.1 Å². The number of nitrogens with zero attached hydrogens (tertiary/aromatic N) is 5. The fourth-order valence-electron chi connectivity index (χ4n) is 4.62. The van der Waals surface area contributed by atoms with Crippen LogP contribution >= 0.6 is 0 Å². The van der Waals surface area contributed by atoms with Crippen LogP contribution < -0.4 is 4.90 Å². The number of aromatic nitrogens is 2. The van der Waals surface area contributed by atoms with Gasteiger partial charge in [0.1, 0.15) is 0 Å². The van der Waals surface area contributed by atoms with Crippen LogP contribution in [0.2, 0.25) is 0 Å². The van der Waals surface area contributed by atoms with Gasteiger partial charge in [0.15, 0.2) is 0 Å². The highest BCUT2D eigenvalue weighted by molar-refractivity contribution is 5.93. The number of hydrogen-bond donors (Lipinski definition) is 0. The lowest BCUT2D eigenvalue weighted by atomic mass is 9.98. The van der Waals surface area contributed by atoms with E-state index in [-0.39, 0.29) is 17.7 Å². The van der Waals surface area contributed by atoms with Crippen LogP contribution in [-0.4, -0.2) is 71.0 Å². The molecule has 2 aromatic carbocycles. The Kier molecular flexibility index (Phi) is 7.11. The Morgan fingerprint density at radius 1 is 0.889 bits per heavy atom. The van der Waals surface area contributed by atoms with Gasteiger partial charge >= 0.3 is 11.8 Å². The van der Waals surface area contributed by atoms with Crippen LogP contribution in [0.15, 0.2) is 65.2 Å². The molecule has 3 aromatic rings. The van der Waals surface area contributed by atoms with E-state index < -0.39 is 0 Å². The molecular weight excluding hydrogens is 454 g/mol. The van der Waals surface area contributed by atoms with Gasteiger partial charge in [0.2, 0.25) is 11.7 Å². The number of amides is 2. The van der Waals surface area contributed by atoms with Crippen LogP contribution in [0.1, 0.15) is 36.0 Å². The molecule has 0 radical (unpaired) electrons. The smallest absolute Gasteiger partial charge is 0.316 e. The lowest BCUT2D eigenvalue weighted by molar-refractivity contribution is -0.127. The third-order valence-electron chi connectivity index (χ3n) is 6.98. The molecule has 0 N–H and O–H groups in total. The third kappa shape index (κ3) is 5.48. The minimum atomic E-state index is -0.306. The quantitative estimate of drug-likeness (QED) is 0.509. The zero-order chi connectivity index (χ0) is 24.9. The van der Waals surface area contributed by atoms with E-state index in [0.29, 0.717) is 32.0 Å². The van der Waals surface area contributed by atoms with E-state index >= 15 is 0 Å². The van der Waals surface area contributed by atoms with Crippen molar-refractivity contribution in [2.24, 2.45) is 5.92 Å². The molecule has 3 heterocycles. The molecule has 2 fully saturated rings. The molecule has 0 bridgehead atoms. The maximum atomic E-state index is 12.9. The van der Waals surface area contributed by atoms with Crippen LogP contribution in [-0.2, 0) is 4.79 Å². The van der Waals surface area contributed by atoms with Crippen molar-refractivity contribution < 1.29 is 14.1 Å². The highest BCUT2D eigenvalue weighted by Crippen LogP contribution is 2.25. The van der Waals surface area contributed by atoms with Gasteiger partial charge in [0, 0.05) is 56.6 Å². The van der Waals surface area contributed by atoms with Gasteiger partial charge in [0.25, 0.3) is 0 Å². The van der Waals surface area contributed by atoms with Crippen molar-refractivity contribution in [2.75, 3.05) is 44.2 Å². The van der Waals surface area contributed by atoms with Crippen LogP contribution in [0.4, 0.5) is 5.69 Å². The Morgan fingerprint density at radius 2 is 1.56 bits per heavy atom. The Morgan fingerprint density at radius 3 is 2.25 bits per heavy atom. The van der Waals surface area contributed by atoms with Crippen molar-refractivity contribution in [3.8, 4) is 11.4 Å². The standard InChI is InChI=1S/C28H31N5O3/c1-21-13-15-31(16-14-21)24-10-8-23(9-11-24)26-29-27(36-30-26)28(35)33-19-17-32(18-20-33)25(34)12-7-22-5-3-2-4-6-22/h2-12,21H,13-20H2,1H3/b12-7+. The number of carbonyl (C=O) groups excluding carboxylic acids is 2. The summed E-state index contributed by atoms with van der Waals surface area (Å²) in [5.74, 6) is 0.795. The molecule has 8 nitrogen and oxygen atoms in total. The number of benzene rings is 2. The average molecular weight is 486 g/mol. The molecule has 186 valence electrons. The zero-order valence-electron chi connectivity index (χ0n) is 20.5. The second-order valence-corrected chi connectivity index (χ2v) is 9.50. The summed E-state index contributed by atoms with van der Waals surface area (Å²) in [5, 5.41) is 4.03. The first-order chi connectivity index (χ1) is 17.6. The highest BCUT2D eigenvalue weighted by atomic mass is 16.5. The number of carbonyl (C=O) groups is 2. The van der Waals surface area contributed by atoms with Crippen molar-refractivity contribution in [2.45, 2.75) is 19.8 Å². The average Bonchev–Trinajstić information content (AvgIpc) is 3.43. The van der Waals surface area contributed by atoms with Crippen LogP contribution in [0.3, 0.4) is 0 Å². The molecule has 0 atom stereocenters. The number of hydrogen-bond acceptors (Lipinski definition) is 6. The third-order valence-corrected chi connectivity index (χ3v) is 6.98. The molecule has 0 spiro atoms. The van der Waals surface area contributed by atoms with Crippen molar-refractivity contribution in [1.82, 2.24) is 19.9 Å². The van der Waals surface area contributed by atoms with E-state index in [1.54, 1.807) is 22.0 Å². The fourth-order valence-corrected chi connectivity index (χ4v) is 4.62. The topological polar surface area (TPSA) is 82.8 Å². The van der Waals surface area contributed by atoms with Gasteiger partial charge in [-0.25, -0.2) is 0 Å².